The van der Waals surface area contributed by atoms with E-state index in [1.165, 1.54) is 21.9 Å². The van der Waals surface area contributed by atoms with Gasteiger partial charge in [0.2, 0.25) is 23.6 Å². The summed E-state index contributed by atoms with van der Waals surface area (Å²) < 4.78 is 21.8. The summed E-state index contributed by atoms with van der Waals surface area (Å²) in [5.41, 5.74) is 5.56. The number of benzene rings is 5. The molecule has 0 radical (unpaired) electrons. The minimum atomic E-state index is -0.824. The molecule has 1 N–H and O–H groups in total. The van der Waals surface area contributed by atoms with Crippen molar-refractivity contribution < 1.29 is 43.2 Å². The molecule has 4 amide bonds. The van der Waals surface area contributed by atoms with Crippen LogP contribution < -0.4 is 28.7 Å². The number of hydrogen-bond donors (Lipinski definition) is 1. The van der Waals surface area contributed by atoms with Crippen molar-refractivity contribution in [2.45, 2.75) is 18.8 Å². The Balaban J connectivity index is 1.00. The van der Waals surface area contributed by atoms with Crippen LogP contribution in [0.2, 0.25) is 5.02 Å². The molecule has 2 aliphatic carbocycles. The molecule has 0 bridgehead atoms. The van der Waals surface area contributed by atoms with E-state index in [-0.39, 0.29) is 47.2 Å². The Hall–Kier alpha value is -7.11. The molecule has 5 aromatic rings. The van der Waals surface area contributed by atoms with Crippen LogP contribution >= 0.6 is 11.6 Å². The molecule has 0 spiro atoms. The summed E-state index contributed by atoms with van der Waals surface area (Å²) in [6.07, 6.45) is 10.1. The summed E-state index contributed by atoms with van der Waals surface area (Å²) in [6.45, 7) is 0. The minimum Gasteiger partial charge on any atom is -0.508 e. The number of methoxy groups -OCH3 is 4. The van der Waals surface area contributed by atoms with Gasteiger partial charge in [-0.1, -0.05) is 77.9 Å². The van der Waals surface area contributed by atoms with Crippen LogP contribution in [0.25, 0.3) is 24.3 Å². The van der Waals surface area contributed by atoms with Gasteiger partial charge in [0, 0.05) is 22.1 Å². The van der Waals surface area contributed by atoms with Crippen LogP contribution in [0.1, 0.15) is 46.6 Å². The molecule has 5 aromatic carbocycles. The first-order valence-electron chi connectivity index (χ1n) is 21.0. The Morgan fingerprint density at radius 2 is 1.08 bits per heavy atom. The van der Waals surface area contributed by atoms with Crippen LogP contribution in [0, 0.1) is 29.6 Å². The molecule has 11 nitrogen and oxygen atoms in total. The number of nitrogens with zero attached hydrogens (tertiary/aromatic N) is 2. The smallest absolute Gasteiger partial charge is 0.238 e. The average molecular weight is 877 g/mol. The van der Waals surface area contributed by atoms with Crippen LogP contribution in [0.15, 0.2) is 115 Å². The molecule has 2 saturated heterocycles. The summed E-state index contributed by atoms with van der Waals surface area (Å²) in [5.74, 6) is -2.90. The standard InChI is InChI=1S/C52H45ClN2O9/c1-61-36-18-23-44(63-3)31(25-36)11-5-29-7-13-33(14-8-29)54-49(57)40-22-21-38-41(47(40)51(54)59)28-42-48(46(38)39-20-17-35(56)27-43(39)53)52(60)55(50(42)58)34-15-9-30(10-16-34)6-12-32-26-37(62-2)19-24-45(32)64-4/h5-21,23-27,40-42,46-48,56H,22,28H2,1-4H3/t40-,41+,42+,46+,47-,48+/m0/s1. The second-order valence-electron chi connectivity index (χ2n) is 16.3. The fraction of sp³-hybridized carbons (Fsp3) is 0.231. The van der Waals surface area contributed by atoms with Gasteiger partial charge in [-0.15, -0.1) is 0 Å². The number of allylic oxidation sites excluding steroid dienone is 2. The number of phenolic OH excluding ortho intramolecular Hbond substituents is 1. The van der Waals surface area contributed by atoms with Gasteiger partial charge in [0.05, 0.1) is 63.5 Å². The first-order valence-corrected chi connectivity index (χ1v) is 21.4. The van der Waals surface area contributed by atoms with Crippen molar-refractivity contribution in [3.05, 3.63) is 148 Å². The lowest BCUT2D eigenvalue weighted by Gasteiger charge is -2.44. The highest BCUT2D eigenvalue weighted by atomic mass is 35.5. The van der Waals surface area contributed by atoms with Gasteiger partial charge >= 0.3 is 0 Å². The highest BCUT2D eigenvalue weighted by molar-refractivity contribution is 6.32. The molecule has 64 heavy (non-hydrogen) atoms. The SMILES string of the molecule is COc1ccc(OC)c(C=Cc2ccc(N3C(=O)[C@H]4[C@H](CC=C5[C@H]4C[C@H]4C(=O)N(c6ccc(C=Cc7cc(OC)ccc7OC)cc6)C(=O)[C@H]4[C@H]5c4ccc(O)cc4Cl)C3=O)cc2)c1. The molecule has 12 heteroatoms. The van der Waals surface area contributed by atoms with Crippen molar-refractivity contribution in [1.29, 1.82) is 0 Å². The Morgan fingerprint density at radius 1 is 0.562 bits per heavy atom. The maximum absolute atomic E-state index is 14.7. The van der Waals surface area contributed by atoms with Gasteiger partial charge in [-0.2, -0.15) is 0 Å². The lowest BCUT2D eigenvalue weighted by atomic mass is 9.57. The van der Waals surface area contributed by atoms with Crippen molar-refractivity contribution in [2.75, 3.05) is 38.2 Å². The predicted molar refractivity (Wildman–Crippen MR) is 245 cm³/mol. The van der Waals surface area contributed by atoms with Crippen molar-refractivity contribution in [2.24, 2.45) is 29.6 Å². The maximum atomic E-state index is 14.7. The number of amides is 4. The summed E-state index contributed by atoms with van der Waals surface area (Å²) >= 11 is 6.85. The van der Waals surface area contributed by atoms with Gasteiger partial charge in [0.1, 0.15) is 28.7 Å². The minimum absolute atomic E-state index is 0.0430. The number of aromatic hydroxyl groups is 1. The van der Waals surface area contributed by atoms with E-state index >= 15 is 0 Å². The molecule has 9 rings (SSSR count). The summed E-state index contributed by atoms with van der Waals surface area (Å²) in [6, 6.07) is 30.0. The molecule has 2 aliphatic heterocycles. The van der Waals surface area contributed by atoms with Crippen molar-refractivity contribution in [3.63, 3.8) is 0 Å². The Bertz CT molecular complexity index is 2780. The van der Waals surface area contributed by atoms with E-state index in [0.29, 0.717) is 39.9 Å². The number of imide groups is 2. The largest absolute Gasteiger partial charge is 0.508 e. The lowest BCUT2D eigenvalue weighted by molar-refractivity contribution is -0.126. The third-order valence-corrected chi connectivity index (χ3v) is 13.4. The van der Waals surface area contributed by atoms with Gasteiger partial charge < -0.3 is 24.1 Å². The second-order valence-corrected chi connectivity index (χ2v) is 16.7. The number of rotatable bonds is 11. The normalized spacial score (nSPS) is 22.7. The van der Waals surface area contributed by atoms with E-state index in [4.69, 9.17) is 30.5 Å². The zero-order chi connectivity index (χ0) is 44.8. The zero-order valence-electron chi connectivity index (χ0n) is 35.6. The van der Waals surface area contributed by atoms with Crippen LogP contribution in [-0.4, -0.2) is 57.2 Å². The van der Waals surface area contributed by atoms with Gasteiger partial charge in [-0.05, 0) is 108 Å². The number of hydrogen-bond acceptors (Lipinski definition) is 9. The molecule has 2 heterocycles. The van der Waals surface area contributed by atoms with Crippen LogP contribution in [-0.2, 0) is 19.2 Å². The molecular weight excluding hydrogens is 832 g/mol. The molecule has 0 unspecified atom stereocenters. The van der Waals surface area contributed by atoms with E-state index in [1.807, 2.05) is 91.0 Å². The van der Waals surface area contributed by atoms with Crippen molar-refractivity contribution in [1.82, 2.24) is 0 Å². The molecule has 3 fully saturated rings. The maximum Gasteiger partial charge on any atom is 0.238 e. The van der Waals surface area contributed by atoms with Gasteiger partial charge in [-0.25, -0.2) is 0 Å². The Labute approximate surface area is 375 Å². The summed E-state index contributed by atoms with van der Waals surface area (Å²) in [4.78, 5) is 60.7. The van der Waals surface area contributed by atoms with Crippen molar-refractivity contribution in [3.8, 4) is 28.7 Å². The Kier molecular flexibility index (Phi) is 11.4. The summed E-state index contributed by atoms with van der Waals surface area (Å²) in [7, 11) is 6.40. The number of halogens is 1. The van der Waals surface area contributed by atoms with E-state index in [0.717, 1.165) is 27.8 Å². The molecule has 324 valence electrons. The number of ether oxygens (including phenoxy) is 4. The Morgan fingerprint density at radius 3 is 1.58 bits per heavy atom. The highest BCUT2D eigenvalue weighted by Gasteiger charge is 2.62. The predicted octanol–water partition coefficient (Wildman–Crippen LogP) is 9.47. The quantitative estimate of drug-likeness (QED) is 0.0783. The van der Waals surface area contributed by atoms with E-state index in [2.05, 4.69) is 0 Å². The third kappa shape index (κ3) is 7.39. The average Bonchev–Trinajstić information content (AvgIpc) is 3.72. The molecule has 6 atom stereocenters. The number of anilines is 2. The molecule has 0 aromatic heterocycles. The van der Waals surface area contributed by atoms with Crippen LogP contribution in [0.3, 0.4) is 0 Å². The summed E-state index contributed by atoms with van der Waals surface area (Å²) in [5, 5.41) is 10.6. The number of fused-ring (bicyclic) bond motifs is 4. The number of carbonyl (C=O) groups is 4. The van der Waals surface area contributed by atoms with Gasteiger partial charge in [-0.3, -0.25) is 29.0 Å². The van der Waals surface area contributed by atoms with Gasteiger partial charge in [0.15, 0.2) is 0 Å². The van der Waals surface area contributed by atoms with Crippen LogP contribution in [0.5, 0.6) is 28.7 Å². The van der Waals surface area contributed by atoms with E-state index < -0.39 is 35.5 Å². The first kappa shape index (κ1) is 42.2. The molecule has 1 saturated carbocycles. The fourth-order valence-corrected chi connectivity index (χ4v) is 10.3. The van der Waals surface area contributed by atoms with E-state index in [9.17, 15) is 24.3 Å². The van der Waals surface area contributed by atoms with Crippen molar-refractivity contribution >= 4 is 70.9 Å². The third-order valence-electron chi connectivity index (χ3n) is 13.1. The van der Waals surface area contributed by atoms with Gasteiger partial charge in [0.25, 0.3) is 0 Å². The first-order chi connectivity index (χ1) is 31.0. The second kappa shape index (κ2) is 17.2. The molecule has 4 aliphatic rings. The van der Waals surface area contributed by atoms with E-state index in [1.54, 1.807) is 58.8 Å². The highest BCUT2D eigenvalue weighted by Crippen LogP contribution is 2.59. The molecular formula is C52H45ClN2O9. The fourth-order valence-electron chi connectivity index (χ4n) is 9.99. The lowest BCUT2D eigenvalue weighted by Crippen LogP contribution is -2.43. The zero-order valence-corrected chi connectivity index (χ0v) is 36.3. The number of carbonyl (C=O) groups excluding carboxylic acids is 4. The topological polar surface area (TPSA) is 132 Å². The van der Waals surface area contributed by atoms with Crippen LogP contribution in [0.4, 0.5) is 11.4 Å². The number of phenols is 1. The monoisotopic (exact) mass is 876 g/mol.